The van der Waals surface area contributed by atoms with E-state index in [0.29, 0.717) is 11.3 Å². The molecule has 0 radical (unpaired) electrons. The van der Waals surface area contributed by atoms with E-state index in [9.17, 15) is 13.2 Å². The zero-order valence-corrected chi connectivity index (χ0v) is 17.4. The third-order valence-electron chi connectivity index (χ3n) is 5.24. The molecule has 0 N–H and O–H groups in total. The van der Waals surface area contributed by atoms with Gasteiger partial charge in [0.05, 0.1) is 16.5 Å². The monoisotopic (exact) mass is 418 g/mol. The van der Waals surface area contributed by atoms with Gasteiger partial charge in [-0.1, -0.05) is 54.1 Å². The molecule has 1 fully saturated rings. The Morgan fingerprint density at radius 2 is 1.67 bits per heavy atom. The number of piperidine rings is 1. The van der Waals surface area contributed by atoms with E-state index in [0.717, 1.165) is 11.1 Å². The van der Waals surface area contributed by atoms with Crippen LogP contribution in [0.15, 0.2) is 89.5 Å². The first-order valence-electron chi connectivity index (χ1n) is 9.73. The number of aromatic nitrogens is 1. The zero-order valence-electron chi connectivity index (χ0n) is 16.6. The van der Waals surface area contributed by atoms with E-state index in [1.54, 1.807) is 48.7 Å². The van der Waals surface area contributed by atoms with Crippen LogP contribution >= 0.6 is 0 Å². The average Bonchev–Trinajstić information content (AvgIpc) is 2.76. The zero-order chi connectivity index (χ0) is 21.1. The van der Waals surface area contributed by atoms with Crippen molar-refractivity contribution in [3.8, 4) is 0 Å². The smallest absolute Gasteiger partial charge is 0.243 e. The Hall–Kier alpha value is -3.09. The van der Waals surface area contributed by atoms with E-state index in [2.05, 4.69) is 4.98 Å². The fourth-order valence-electron chi connectivity index (χ4n) is 3.58. The lowest BCUT2D eigenvalue weighted by Crippen LogP contribution is -2.44. The van der Waals surface area contributed by atoms with Gasteiger partial charge in [0.25, 0.3) is 0 Å². The Bertz CT molecular complexity index is 1170. The molecule has 0 bridgehead atoms. The van der Waals surface area contributed by atoms with Gasteiger partial charge >= 0.3 is 0 Å². The Morgan fingerprint density at radius 1 is 0.967 bits per heavy atom. The highest BCUT2D eigenvalue weighted by Crippen LogP contribution is 2.31. The predicted octanol–water partition coefficient (Wildman–Crippen LogP) is 3.83. The molecular formula is C24H22N2O3S. The highest BCUT2D eigenvalue weighted by molar-refractivity contribution is 7.89. The summed E-state index contributed by atoms with van der Waals surface area (Å²) in [5.41, 5.74) is 2.85. The maximum absolute atomic E-state index is 13.4. The molecule has 6 heteroatoms. The van der Waals surface area contributed by atoms with Crippen molar-refractivity contribution in [1.29, 1.82) is 0 Å². The first-order valence-corrected chi connectivity index (χ1v) is 11.2. The van der Waals surface area contributed by atoms with E-state index in [1.807, 2.05) is 43.3 Å². The highest BCUT2D eigenvalue weighted by atomic mass is 32.2. The molecule has 1 saturated heterocycles. The minimum atomic E-state index is -3.75. The summed E-state index contributed by atoms with van der Waals surface area (Å²) in [6, 6.07) is 21.5. The predicted molar refractivity (Wildman–Crippen MR) is 116 cm³/mol. The second-order valence-electron chi connectivity index (χ2n) is 7.36. The lowest BCUT2D eigenvalue weighted by molar-refractivity contribution is -0.118. The van der Waals surface area contributed by atoms with Crippen molar-refractivity contribution in [2.24, 2.45) is 0 Å². The van der Waals surface area contributed by atoms with Crippen LogP contribution in [0.5, 0.6) is 0 Å². The number of hydrogen-bond donors (Lipinski definition) is 0. The lowest BCUT2D eigenvalue weighted by Gasteiger charge is -2.33. The van der Waals surface area contributed by atoms with Crippen molar-refractivity contribution in [3.05, 3.63) is 101 Å². The number of carbonyl (C=O) groups excluding carboxylic acids is 1. The number of ketones is 1. The largest absolute Gasteiger partial charge is 0.294 e. The van der Waals surface area contributed by atoms with E-state index >= 15 is 0 Å². The molecule has 0 aliphatic carbocycles. The summed E-state index contributed by atoms with van der Waals surface area (Å²) in [4.78, 5) is 17.8. The summed E-state index contributed by atoms with van der Waals surface area (Å²) in [7, 11) is -3.75. The number of Topliss-reactive ketones (excluding diaryl/α,β-unsaturated/α-hetero) is 1. The molecule has 152 valence electrons. The number of pyridine rings is 1. The molecule has 30 heavy (non-hydrogen) atoms. The third kappa shape index (κ3) is 4.10. The molecular weight excluding hydrogens is 396 g/mol. The Morgan fingerprint density at radius 3 is 2.33 bits per heavy atom. The van der Waals surface area contributed by atoms with Crippen molar-refractivity contribution in [2.45, 2.75) is 17.7 Å². The van der Waals surface area contributed by atoms with Crippen LogP contribution in [0, 0.1) is 6.92 Å². The molecule has 2 heterocycles. The number of carbonyl (C=O) groups is 1. The van der Waals surface area contributed by atoms with E-state index in [4.69, 9.17) is 0 Å². The maximum atomic E-state index is 13.4. The maximum Gasteiger partial charge on any atom is 0.243 e. The topological polar surface area (TPSA) is 67.3 Å². The SMILES string of the molecule is Cc1ccc(S(=O)(=O)N2CC(=Cc3ccccn3)C(=O)C(c3ccccc3)C2)cc1. The molecule has 1 aliphatic heterocycles. The van der Waals surface area contributed by atoms with Gasteiger partial charge in [0.15, 0.2) is 5.78 Å². The van der Waals surface area contributed by atoms with Gasteiger partial charge in [0.2, 0.25) is 10.0 Å². The summed E-state index contributed by atoms with van der Waals surface area (Å²) >= 11 is 0. The molecule has 0 amide bonds. The molecule has 1 aromatic heterocycles. The van der Waals surface area contributed by atoms with Crippen LogP contribution in [0.3, 0.4) is 0 Å². The van der Waals surface area contributed by atoms with E-state index in [1.165, 1.54) is 4.31 Å². The molecule has 3 aromatic rings. The van der Waals surface area contributed by atoms with Crippen LogP contribution in [0.4, 0.5) is 0 Å². The molecule has 1 unspecified atom stereocenters. The van der Waals surface area contributed by atoms with Crippen molar-refractivity contribution in [2.75, 3.05) is 13.1 Å². The van der Waals surface area contributed by atoms with Gasteiger partial charge in [0, 0.05) is 24.9 Å². The van der Waals surface area contributed by atoms with Crippen LogP contribution in [-0.2, 0) is 14.8 Å². The molecule has 1 aliphatic rings. The average molecular weight is 419 g/mol. The van der Waals surface area contributed by atoms with E-state index in [-0.39, 0.29) is 23.8 Å². The summed E-state index contributed by atoms with van der Waals surface area (Å²) in [5.74, 6) is -0.627. The molecule has 1 atom stereocenters. The highest BCUT2D eigenvalue weighted by Gasteiger charge is 2.38. The fraction of sp³-hybridized carbons (Fsp3) is 0.167. The first kappa shape index (κ1) is 20.2. The molecule has 0 spiro atoms. The molecule has 4 rings (SSSR count). The lowest BCUT2D eigenvalue weighted by atomic mass is 9.87. The Labute approximate surface area is 176 Å². The van der Waals surface area contributed by atoms with Crippen LogP contribution in [-0.4, -0.2) is 36.6 Å². The number of sulfonamides is 1. The standard InChI is InChI=1S/C24H22N2O3S/c1-18-10-12-22(13-11-18)30(28,29)26-16-20(15-21-9-5-6-14-25-21)24(27)23(17-26)19-7-3-2-4-8-19/h2-15,23H,16-17H2,1H3. The minimum absolute atomic E-state index is 0.0228. The second-order valence-corrected chi connectivity index (χ2v) is 9.30. The van der Waals surface area contributed by atoms with Crippen molar-refractivity contribution in [3.63, 3.8) is 0 Å². The number of nitrogens with zero attached hydrogens (tertiary/aromatic N) is 2. The summed E-state index contributed by atoms with van der Waals surface area (Å²) in [6.45, 7) is 2.04. The van der Waals surface area contributed by atoms with Crippen LogP contribution in [0.2, 0.25) is 0 Å². The first-order chi connectivity index (χ1) is 14.4. The van der Waals surface area contributed by atoms with Gasteiger partial charge in [0.1, 0.15) is 0 Å². The summed E-state index contributed by atoms with van der Waals surface area (Å²) in [5, 5.41) is 0. The van der Waals surface area contributed by atoms with Gasteiger partial charge in [-0.3, -0.25) is 9.78 Å². The van der Waals surface area contributed by atoms with Gasteiger partial charge in [-0.25, -0.2) is 8.42 Å². The van der Waals surface area contributed by atoms with Crippen LogP contribution < -0.4 is 0 Å². The summed E-state index contributed by atoms with van der Waals surface area (Å²) < 4.78 is 28.1. The normalized spacial score (nSPS) is 19.2. The van der Waals surface area contributed by atoms with E-state index < -0.39 is 15.9 Å². The van der Waals surface area contributed by atoms with Gasteiger partial charge in [-0.2, -0.15) is 4.31 Å². The third-order valence-corrected chi connectivity index (χ3v) is 7.06. The van der Waals surface area contributed by atoms with Gasteiger partial charge in [-0.05, 0) is 42.8 Å². The Kier molecular flexibility index (Phi) is 5.61. The molecule has 0 saturated carbocycles. The Balaban J connectivity index is 1.76. The molecule has 5 nitrogen and oxygen atoms in total. The fourth-order valence-corrected chi connectivity index (χ4v) is 5.02. The van der Waals surface area contributed by atoms with Crippen LogP contribution in [0.1, 0.15) is 22.7 Å². The van der Waals surface area contributed by atoms with Gasteiger partial charge < -0.3 is 0 Å². The quantitative estimate of drug-likeness (QED) is 0.604. The number of benzene rings is 2. The number of rotatable bonds is 4. The van der Waals surface area contributed by atoms with Gasteiger partial charge in [-0.15, -0.1) is 0 Å². The van der Waals surface area contributed by atoms with Crippen molar-refractivity contribution >= 4 is 21.9 Å². The van der Waals surface area contributed by atoms with Crippen molar-refractivity contribution in [1.82, 2.24) is 9.29 Å². The summed E-state index contributed by atoms with van der Waals surface area (Å²) in [6.07, 6.45) is 3.34. The minimum Gasteiger partial charge on any atom is -0.294 e. The number of aryl methyl sites for hydroxylation is 1. The number of hydrogen-bond acceptors (Lipinski definition) is 4. The van der Waals surface area contributed by atoms with Crippen LogP contribution in [0.25, 0.3) is 6.08 Å². The molecule has 2 aromatic carbocycles. The van der Waals surface area contributed by atoms with Crippen molar-refractivity contribution < 1.29 is 13.2 Å². The second kappa shape index (κ2) is 8.34.